The lowest BCUT2D eigenvalue weighted by atomic mass is 9.95. The summed E-state index contributed by atoms with van der Waals surface area (Å²) in [5, 5.41) is 14.0. The van der Waals surface area contributed by atoms with E-state index in [4.69, 9.17) is 11.6 Å². The van der Waals surface area contributed by atoms with E-state index in [9.17, 15) is 9.90 Å². The molecule has 1 fully saturated rings. The van der Waals surface area contributed by atoms with Crippen LogP contribution in [0.3, 0.4) is 0 Å². The van der Waals surface area contributed by atoms with Crippen molar-refractivity contribution >= 4 is 17.6 Å². The molecule has 134 valence electrons. The number of carboxylic acids is 1. The molecule has 0 unspecified atom stereocenters. The molecule has 1 aliphatic rings. The maximum atomic E-state index is 11.9. The standard InChI is InChI=1S/C20H25ClN2O2/c1-13-18(12-22-16-6-4-3-5-7-16)19(20(24)25)14(2)23(13)17-10-8-15(21)9-11-17/h8-11,16,22H,3-7,12H2,1-2H3,(H,24,25). The first-order valence-corrected chi connectivity index (χ1v) is 9.30. The fourth-order valence-electron chi connectivity index (χ4n) is 3.93. The number of aromatic nitrogens is 1. The Labute approximate surface area is 153 Å². The minimum Gasteiger partial charge on any atom is -0.478 e. The van der Waals surface area contributed by atoms with Crippen molar-refractivity contribution in [3.63, 3.8) is 0 Å². The van der Waals surface area contributed by atoms with Crippen LogP contribution in [0.4, 0.5) is 0 Å². The average molecular weight is 361 g/mol. The number of rotatable bonds is 5. The molecule has 0 saturated heterocycles. The van der Waals surface area contributed by atoms with Crippen molar-refractivity contribution in [2.45, 2.75) is 58.5 Å². The van der Waals surface area contributed by atoms with Crippen LogP contribution in [0.25, 0.3) is 5.69 Å². The SMILES string of the molecule is Cc1c(CNC2CCCCC2)c(C(=O)O)c(C)n1-c1ccc(Cl)cc1. The molecule has 0 atom stereocenters. The van der Waals surface area contributed by atoms with Crippen LogP contribution in [0.2, 0.25) is 5.02 Å². The summed E-state index contributed by atoms with van der Waals surface area (Å²) in [5.74, 6) is -0.867. The van der Waals surface area contributed by atoms with Crippen LogP contribution >= 0.6 is 11.6 Å². The summed E-state index contributed by atoms with van der Waals surface area (Å²) < 4.78 is 2.01. The predicted molar refractivity (Wildman–Crippen MR) is 101 cm³/mol. The molecule has 25 heavy (non-hydrogen) atoms. The molecule has 2 N–H and O–H groups in total. The van der Waals surface area contributed by atoms with E-state index in [1.807, 2.05) is 42.7 Å². The predicted octanol–water partition coefficient (Wildman–Crippen LogP) is 4.87. The summed E-state index contributed by atoms with van der Waals surface area (Å²) in [6.45, 7) is 4.46. The molecule has 1 aromatic heterocycles. The zero-order chi connectivity index (χ0) is 18.0. The van der Waals surface area contributed by atoms with Crippen molar-refractivity contribution in [2.75, 3.05) is 0 Å². The minimum atomic E-state index is -0.867. The van der Waals surface area contributed by atoms with E-state index < -0.39 is 5.97 Å². The molecular weight excluding hydrogens is 336 g/mol. The van der Waals surface area contributed by atoms with Crippen LogP contribution in [-0.2, 0) is 6.54 Å². The van der Waals surface area contributed by atoms with Gasteiger partial charge in [-0.1, -0.05) is 30.9 Å². The summed E-state index contributed by atoms with van der Waals surface area (Å²) in [6, 6.07) is 8.00. The lowest BCUT2D eigenvalue weighted by Gasteiger charge is -2.23. The second kappa shape index (κ2) is 7.63. The Bertz CT molecular complexity index is 759. The van der Waals surface area contributed by atoms with Crippen molar-refractivity contribution in [1.82, 2.24) is 9.88 Å². The first-order chi connectivity index (χ1) is 12.0. The minimum absolute atomic E-state index is 0.413. The monoisotopic (exact) mass is 360 g/mol. The number of benzene rings is 1. The van der Waals surface area contributed by atoms with E-state index in [1.54, 1.807) is 0 Å². The van der Waals surface area contributed by atoms with Gasteiger partial charge in [0, 0.05) is 40.2 Å². The third-order valence-electron chi connectivity index (χ3n) is 5.24. The van der Waals surface area contributed by atoms with Crippen molar-refractivity contribution in [1.29, 1.82) is 0 Å². The largest absolute Gasteiger partial charge is 0.478 e. The molecule has 1 saturated carbocycles. The summed E-state index contributed by atoms with van der Waals surface area (Å²) in [7, 11) is 0. The molecule has 0 spiro atoms. The Morgan fingerprint density at radius 3 is 2.40 bits per heavy atom. The Morgan fingerprint density at radius 1 is 1.16 bits per heavy atom. The Kier molecular flexibility index (Phi) is 5.50. The molecular formula is C20H25ClN2O2. The molecule has 0 bridgehead atoms. The maximum Gasteiger partial charge on any atom is 0.337 e. The van der Waals surface area contributed by atoms with E-state index in [-0.39, 0.29) is 0 Å². The number of carbonyl (C=O) groups is 1. The molecule has 0 radical (unpaired) electrons. The van der Waals surface area contributed by atoms with Gasteiger partial charge < -0.3 is 15.0 Å². The highest BCUT2D eigenvalue weighted by Crippen LogP contribution is 2.28. The zero-order valence-electron chi connectivity index (χ0n) is 14.8. The van der Waals surface area contributed by atoms with Gasteiger partial charge >= 0.3 is 5.97 Å². The summed E-state index contributed by atoms with van der Waals surface area (Å²) >= 11 is 5.99. The number of hydrogen-bond donors (Lipinski definition) is 2. The molecule has 5 heteroatoms. The zero-order valence-corrected chi connectivity index (χ0v) is 15.6. The molecule has 1 heterocycles. The number of nitrogens with zero attached hydrogens (tertiary/aromatic N) is 1. The third kappa shape index (κ3) is 3.75. The number of halogens is 1. The van der Waals surface area contributed by atoms with Gasteiger partial charge in [-0.2, -0.15) is 0 Å². The average Bonchev–Trinajstić information content (AvgIpc) is 2.85. The van der Waals surface area contributed by atoms with Gasteiger partial charge in [0.25, 0.3) is 0 Å². The first kappa shape index (κ1) is 18.0. The van der Waals surface area contributed by atoms with E-state index in [2.05, 4.69) is 5.32 Å². The van der Waals surface area contributed by atoms with Gasteiger partial charge in [-0.05, 0) is 51.0 Å². The Hall–Kier alpha value is -1.78. The summed E-state index contributed by atoms with van der Waals surface area (Å²) in [5.41, 5.74) is 3.96. The van der Waals surface area contributed by atoms with Crippen LogP contribution in [-0.4, -0.2) is 21.7 Å². The fraction of sp³-hybridized carbons (Fsp3) is 0.450. The van der Waals surface area contributed by atoms with Crippen LogP contribution in [0.1, 0.15) is 59.4 Å². The molecule has 4 nitrogen and oxygen atoms in total. The second-order valence-corrected chi connectivity index (χ2v) is 7.29. The van der Waals surface area contributed by atoms with Gasteiger partial charge in [0.2, 0.25) is 0 Å². The van der Waals surface area contributed by atoms with E-state index in [0.29, 0.717) is 23.2 Å². The molecule has 1 aliphatic carbocycles. The lowest BCUT2D eigenvalue weighted by molar-refractivity contribution is 0.0694. The van der Waals surface area contributed by atoms with Gasteiger partial charge in [0.05, 0.1) is 5.56 Å². The van der Waals surface area contributed by atoms with E-state index in [1.165, 1.54) is 32.1 Å². The topological polar surface area (TPSA) is 54.3 Å². The molecule has 1 aromatic carbocycles. The van der Waals surface area contributed by atoms with Crippen LogP contribution in [0, 0.1) is 13.8 Å². The van der Waals surface area contributed by atoms with E-state index in [0.717, 1.165) is 22.6 Å². The number of hydrogen-bond acceptors (Lipinski definition) is 2. The van der Waals surface area contributed by atoms with Crippen molar-refractivity contribution in [3.8, 4) is 5.69 Å². The number of aromatic carboxylic acids is 1. The van der Waals surface area contributed by atoms with Crippen LogP contribution < -0.4 is 5.32 Å². The molecule has 2 aromatic rings. The van der Waals surface area contributed by atoms with Gasteiger partial charge in [-0.3, -0.25) is 0 Å². The van der Waals surface area contributed by atoms with Crippen molar-refractivity contribution < 1.29 is 9.90 Å². The quantitative estimate of drug-likeness (QED) is 0.799. The fourth-order valence-corrected chi connectivity index (χ4v) is 4.05. The van der Waals surface area contributed by atoms with Gasteiger partial charge in [0.15, 0.2) is 0 Å². The van der Waals surface area contributed by atoms with Crippen LogP contribution in [0.15, 0.2) is 24.3 Å². The molecule has 3 rings (SSSR count). The smallest absolute Gasteiger partial charge is 0.337 e. The number of carboxylic acid groups (broad SMARTS) is 1. The molecule has 0 amide bonds. The highest BCUT2D eigenvalue weighted by atomic mass is 35.5. The van der Waals surface area contributed by atoms with Gasteiger partial charge in [-0.15, -0.1) is 0 Å². The lowest BCUT2D eigenvalue weighted by Crippen LogP contribution is -2.31. The normalized spacial score (nSPS) is 15.5. The van der Waals surface area contributed by atoms with Gasteiger partial charge in [0.1, 0.15) is 0 Å². The third-order valence-corrected chi connectivity index (χ3v) is 5.49. The summed E-state index contributed by atoms with van der Waals surface area (Å²) in [4.78, 5) is 11.9. The Balaban J connectivity index is 1.94. The maximum absolute atomic E-state index is 11.9. The van der Waals surface area contributed by atoms with E-state index >= 15 is 0 Å². The second-order valence-electron chi connectivity index (χ2n) is 6.86. The summed E-state index contributed by atoms with van der Waals surface area (Å²) in [6.07, 6.45) is 6.18. The number of nitrogens with one attached hydrogen (secondary N) is 1. The highest BCUT2D eigenvalue weighted by molar-refractivity contribution is 6.30. The van der Waals surface area contributed by atoms with Crippen molar-refractivity contribution in [3.05, 3.63) is 51.8 Å². The van der Waals surface area contributed by atoms with Gasteiger partial charge in [-0.25, -0.2) is 4.79 Å². The highest BCUT2D eigenvalue weighted by Gasteiger charge is 2.24. The Morgan fingerprint density at radius 2 is 1.80 bits per heavy atom. The molecule has 0 aliphatic heterocycles. The first-order valence-electron chi connectivity index (χ1n) is 8.92. The van der Waals surface area contributed by atoms with Crippen LogP contribution in [0.5, 0.6) is 0 Å². The van der Waals surface area contributed by atoms with Crippen molar-refractivity contribution in [2.24, 2.45) is 0 Å².